The Morgan fingerprint density at radius 2 is 1.97 bits per heavy atom. The highest BCUT2D eigenvalue weighted by atomic mass is 16.5. The van der Waals surface area contributed by atoms with E-state index in [4.69, 9.17) is 4.74 Å². The Morgan fingerprint density at radius 3 is 2.66 bits per heavy atom. The first kappa shape index (κ1) is 20.7. The Balaban J connectivity index is 1.82. The highest BCUT2D eigenvalue weighted by molar-refractivity contribution is 5.60. The van der Waals surface area contributed by atoms with E-state index in [0.29, 0.717) is 26.3 Å². The van der Waals surface area contributed by atoms with Crippen LogP contribution in [0.15, 0.2) is 70.8 Å². The van der Waals surface area contributed by atoms with Crippen LogP contribution >= 0.6 is 0 Å². The SMILES string of the molecule is CC/C(=C\C=C/CCc1ccccc1)n1cc(N=O)c(=O)cc1N1CCOCC1. The number of morpholine rings is 1. The van der Waals surface area contributed by atoms with Gasteiger partial charge >= 0.3 is 0 Å². The van der Waals surface area contributed by atoms with Crippen molar-refractivity contribution in [3.63, 3.8) is 0 Å². The Morgan fingerprint density at radius 1 is 1.21 bits per heavy atom. The molecule has 1 aromatic carbocycles. The fourth-order valence-electron chi connectivity index (χ4n) is 3.39. The van der Waals surface area contributed by atoms with Gasteiger partial charge in [-0.3, -0.25) is 4.79 Å². The molecular formula is C23H27N3O3. The minimum absolute atomic E-state index is 0.0746. The number of rotatable bonds is 8. The van der Waals surface area contributed by atoms with E-state index in [2.05, 4.69) is 47.3 Å². The Kier molecular flexibility index (Phi) is 7.53. The number of allylic oxidation sites excluding steroid dienone is 4. The van der Waals surface area contributed by atoms with Gasteiger partial charge in [0.15, 0.2) is 5.69 Å². The third-order valence-electron chi connectivity index (χ3n) is 4.98. The molecule has 152 valence electrons. The molecule has 1 saturated heterocycles. The summed E-state index contributed by atoms with van der Waals surface area (Å²) < 4.78 is 7.34. The molecule has 1 aromatic heterocycles. The third kappa shape index (κ3) is 5.51. The van der Waals surface area contributed by atoms with Crippen LogP contribution in [-0.2, 0) is 11.2 Å². The van der Waals surface area contributed by atoms with Crippen molar-refractivity contribution in [2.75, 3.05) is 31.2 Å². The summed E-state index contributed by atoms with van der Waals surface area (Å²) >= 11 is 0. The zero-order chi connectivity index (χ0) is 20.5. The van der Waals surface area contributed by atoms with Gasteiger partial charge in [-0.25, -0.2) is 0 Å². The molecule has 0 radical (unpaired) electrons. The molecule has 1 aliphatic heterocycles. The molecule has 0 atom stereocenters. The second-order valence-electron chi connectivity index (χ2n) is 6.91. The van der Waals surface area contributed by atoms with Crippen molar-refractivity contribution in [1.82, 2.24) is 4.57 Å². The van der Waals surface area contributed by atoms with E-state index in [9.17, 15) is 9.70 Å². The molecule has 0 amide bonds. The fourth-order valence-corrected chi connectivity index (χ4v) is 3.39. The second kappa shape index (κ2) is 10.5. The number of nitroso groups, excluding NO2 is 1. The van der Waals surface area contributed by atoms with E-state index in [1.54, 1.807) is 6.20 Å². The highest BCUT2D eigenvalue weighted by Gasteiger charge is 2.18. The Hall–Kier alpha value is -2.99. The van der Waals surface area contributed by atoms with E-state index in [-0.39, 0.29) is 11.1 Å². The van der Waals surface area contributed by atoms with Crippen LogP contribution in [0.25, 0.3) is 5.70 Å². The van der Waals surface area contributed by atoms with Gasteiger partial charge < -0.3 is 14.2 Å². The predicted molar refractivity (Wildman–Crippen MR) is 118 cm³/mol. The van der Waals surface area contributed by atoms with Crippen molar-refractivity contribution in [3.05, 3.63) is 81.5 Å². The zero-order valence-electron chi connectivity index (χ0n) is 16.8. The lowest BCUT2D eigenvalue weighted by Gasteiger charge is -2.31. The molecule has 1 aliphatic rings. The topological polar surface area (TPSA) is 63.9 Å². The molecule has 3 rings (SSSR count). The van der Waals surface area contributed by atoms with Crippen LogP contribution in [0.4, 0.5) is 11.5 Å². The molecule has 6 heteroatoms. The van der Waals surface area contributed by atoms with Crippen LogP contribution in [0.5, 0.6) is 0 Å². The van der Waals surface area contributed by atoms with Gasteiger partial charge in [0.2, 0.25) is 5.43 Å². The number of hydrogen-bond acceptors (Lipinski definition) is 5. The summed E-state index contributed by atoms with van der Waals surface area (Å²) in [5.74, 6) is 0.775. The van der Waals surface area contributed by atoms with Crippen LogP contribution in [0.2, 0.25) is 0 Å². The predicted octanol–water partition coefficient (Wildman–Crippen LogP) is 4.52. The standard InChI is InChI=1S/C23H27N3O3/c1-2-20(12-8-4-7-11-19-9-5-3-6-10-19)26-18-21(24-28)22(27)17-23(26)25-13-15-29-16-14-25/h3-6,8-10,12,17-18H,2,7,11,13-16H2,1H3/b8-4-,20-12+. The Bertz CT molecular complexity index is 926. The summed E-state index contributed by atoms with van der Waals surface area (Å²) in [6, 6.07) is 11.9. The van der Waals surface area contributed by atoms with Crippen molar-refractivity contribution >= 4 is 17.2 Å². The van der Waals surface area contributed by atoms with Crippen molar-refractivity contribution < 1.29 is 4.74 Å². The number of benzene rings is 1. The first-order valence-corrected chi connectivity index (χ1v) is 10.1. The number of nitrogens with zero attached hydrogens (tertiary/aromatic N) is 3. The maximum absolute atomic E-state index is 12.2. The summed E-state index contributed by atoms with van der Waals surface area (Å²) in [6.07, 6.45) is 10.4. The van der Waals surface area contributed by atoms with Gasteiger partial charge in [0.25, 0.3) is 0 Å². The van der Waals surface area contributed by atoms with Gasteiger partial charge in [-0.15, -0.1) is 4.91 Å². The van der Waals surface area contributed by atoms with Crippen LogP contribution in [0.3, 0.4) is 0 Å². The number of pyridine rings is 1. The van der Waals surface area contributed by atoms with Gasteiger partial charge in [0.1, 0.15) is 5.82 Å². The number of hydrogen-bond donors (Lipinski definition) is 0. The molecule has 0 saturated carbocycles. The van der Waals surface area contributed by atoms with E-state index < -0.39 is 0 Å². The minimum atomic E-state index is -0.355. The molecule has 0 spiro atoms. The van der Waals surface area contributed by atoms with Crippen molar-refractivity contribution in [3.8, 4) is 0 Å². The average Bonchev–Trinajstić information content (AvgIpc) is 2.77. The normalized spacial score (nSPS) is 15.1. The maximum Gasteiger partial charge on any atom is 0.212 e. The number of ether oxygens (including phenoxy) is 1. The minimum Gasteiger partial charge on any atom is -0.378 e. The summed E-state index contributed by atoms with van der Waals surface area (Å²) in [5, 5.41) is 2.91. The van der Waals surface area contributed by atoms with E-state index >= 15 is 0 Å². The second-order valence-corrected chi connectivity index (χ2v) is 6.91. The number of aromatic nitrogens is 1. The molecule has 0 aliphatic carbocycles. The number of aryl methyl sites for hydroxylation is 1. The number of anilines is 1. The van der Waals surface area contributed by atoms with E-state index in [1.807, 2.05) is 22.8 Å². The summed E-state index contributed by atoms with van der Waals surface area (Å²) in [4.78, 5) is 25.4. The van der Waals surface area contributed by atoms with Crippen LogP contribution in [-0.4, -0.2) is 30.9 Å². The molecule has 6 nitrogen and oxygen atoms in total. The third-order valence-corrected chi connectivity index (χ3v) is 4.98. The summed E-state index contributed by atoms with van der Waals surface area (Å²) in [5.41, 5.74) is 1.88. The van der Waals surface area contributed by atoms with Gasteiger partial charge in [-0.05, 0) is 36.1 Å². The largest absolute Gasteiger partial charge is 0.378 e. The van der Waals surface area contributed by atoms with Crippen LogP contribution in [0, 0.1) is 4.91 Å². The summed E-state index contributed by atoms with van der Waals surface area (Å²) in [7, 11) is 0. The van der Waals surface area contributed by atoms with Gasteiger partial charge in [0.05, 0.1) is 13.2 Å². The highest BCUT2D eigenvalue weighted by Crippen LogP contribution is 2.24. The lowest BCUT2D eigenvalue weighted by atomic mass is 10.1. The first-order valence-electron chi connectivity index (χ1n) is 10.1. The zero-order valence-corrected chi connectivity index (χ0v) is 16.8. The van der Waals surface area contributed by atoms with Crippen molar-refractivity contribution in [2.24, 2.45) is 5.18 Å². The average molecular weight is 393 g/mol. The fraction of sp³-hybridized carbons (Fsp3) is 0.348. The smallest absolute Gasteiger partial charge is 0.212 e. The van der Waals surface area contributed by atoms with E-state index in [0.717, 1.165) is 30.8 Å². The maximum atomic E-state index is 12.2. The van der Waals surface area contributed by atoms with E-state index in [1.165, 1.54) is 11.6 Å². The van der Waals surface area contributed by atoms with Crippen LogP contribution < -0.4 is 10.3 Å². The molecule has 29 heavy (non-hydrogen) atoms. The Labute approximate surface area is 171 Å². The monoisotopic (exact) mass is 393 g/mol. The van der Waals surface area contributed by atoms with Crippen LogP contribution in [0.1, 0.15) is 25.3 Å². The lowest BCUT2D eigenvalue weighted by Crippen LogP contribution is -2.38. The molecule has 2 heterocycles. The molecular weight excluding hydrogens is 366 g/mol. The van der Waals surface area contributed by atoms with Gasteiger partial charge in [-0.1, -0.05) is 49.4 Å². The van der Waals surface area contributed by atoms with Crippen molar-refractivity contribution in [1.29, 1.82) is 0 Å². The first-order chi connectivity index (χ1) is 14.2. The lowest BCUT2D eigenvalue weighted by molar-refractivity contribution is 0.122. The molecule has 0 N–H and O–H groups in total. The quantitative estimate of drug-likeness (QED) is 0.488. The van der Waals surface area contributed by atoms with Gasteiger partial charge in [-0.2, -0.15) is 0 Å². The molecule has 1 fully saturated rings. The molecule has 0 bridgehead atoms. The summed E-state index contributed by atoms with van der Waals surface area (Å²) in [6.45, 7) is 4.70. The molecule has 0 unspecified atom stereocenters. The van der Waals surface area contributed by atoms with Gasteiger partial charge in [0, 0.05) is 31.0 Å². The molecule has 2 aromatic rings. The van der Waals surface area contributed by atoms with Crippen molar-refractivity contribution in [2.45, 2.75) is 26.2 Å².